The SMILES string of the molecule is CN1CCCCC1CNc1ccc(CCO)cc1. The first-order chi connectivity index (χ1) is 8.79. The van der Waals surface area contributed by atoms with E-state index in [9.17, 15) is 0 Å². The van der Waals surface area contributed by atoms with Gasteiger partial charge in [0.25, 0.3) is 0 Å². The summed E-state index contributed by atoms with van der Waals surface area (Å²) in [4.78, 5) is 2.45. The molecule has 100 valence electrons. The van der Waals surface area contributed by atoms with Gasteiger partial charge in [0.2, 0.25) is 0 Å². The van der Waals surface area contributed by atoms with Crippen LogP contribution < -0.4 is 5.32 Å². The molecule has 0 bridgehead atoms. The van der Waals surface area contributed by atoms with Gasteiger partial charge in [-0.25, -0.2) is 0 Å². The Morgan fingerprint density at radius 2 is 2.06 bits per heavy atom. The first-order valence-electron chi connectivity index (χ1n) is 6.93. The lowest BCUT2D eigenvalue weighted by molar-refractivity contribution is 0.194. The Hall–Kier alpha value is -1.06. The van der Waals surface area contributed by atoms with Crippen LogP contribution in [0.5, 0.6) is 0 Å². The summed E-state index contributed by atoms with van der Waals surface area (Å²) < 4.78 is 0. The molecule has 0 amide bonds. The summed E-state index contributed by atoms with van der Waals surface area (Å²) in [6.45, 7) is 2.47. The summed E-state index contributed by atoms with van der Waals surface area (Å²) >= 11 is 0. The van der Waals surface area contributed by atoms with Gasteiger partial charge in [-0.05, 0) is 50.6 Å². The Morgan fingerprint density at radius 1 is 1.28 bits per heavy atom. The quantitative estimate of drug-likeness (QED) is 0.838. The number of benzene rings is 1. The van der Waals surface area contributed by atoms with Gasteiger partial charge in [0.15, 0.2) is 0 Å². The normalized spacial score (nSPS) is 20.9. The minimum Gasteiger partial charge on any atom is -0.396 e. The molecule has 1 unspecified atom stereocenters. The van der Waals surface area contributed by atoms with Gasteiger partial charge in [0.1, 0.15) is 0 Å². The second kappa shape index (κ2) is 6.76. The van der Waals surface area contributed by atoms with Gasteiger partial charge in [0, 0.05) is 24.9 Å². The molecule has 1 atom stereocenters. The number of piperidine rings is 1. The molecule has 2 rings (SSSR count). The highest BCUT2D eigenvalue weighted by molar-refractivity contribution is 5.44. The second-order valence-electron chi connectivity index (χ2n) is 5.18. The standard InChI is InChI=1S/C15H24N2O/c1-17-10-3-2-4-15(17)12-16-14-7-5-13(6-8-14)9-11-18/h5-8,15-16,18H,2-4,9-12H2,1H3. The molecule has 0 spiro atoms. The molecule has 1 heterocycles. The van der Waals surface area contributed by atoms with Crippen molar-refractivity contribution in [1.29, 1.82) is 0 Å². The molecule has 0 saturated carbocycles. The highest BCUT2D eigenvalue weighted by atomic mass is 16.2. The van der Waals surface area contributed by atoms with Crippen molar-refractivity contribution < 1.29 is 5.11 Å². The lowest BCUT2D eigenvalue weighted by atomic mass is 10.0. The Balaban J connectivity index is 1.82. The van der Waals surface area contributed by atoms with Crippen molar-refractivity contribution in [3.63, 3.8) is 0 Å². The van der Waals surface area contributed by atoms with Crippen LogP contribution in [0.1, 0.15) is 24.8 Å². The number of hydrogen-bond donors (Lipinski definition) is 2. The zero-order valence-corrected chi connectivity index (χ0v) is 11.2. The van der Waals surface area contributed by atoms with Crippen molar-refractivity contribution in [1.82, 2.24) is 4.90 Å². The van der Waals surface area contributed by atoms with Gasteiger partial charge in [-0.15, -0.1) is 0 Å². The van der Waals surface area contributed by atoms with Gasteiger partial charge in [-0.2, -0.15) is 0 Å². The summed E-state index contributed by atoms with van der Waals surface area (Å²) in [5.41, 5.74) is 2.37. The molecule has 3 nitrogen and oxygen atoms in total. The average Bonchev–Trinajstić information content (AvgIpc) is 2.40. The number of likely N-dealkylation sites (N-methyl/N-ethyl adjacent to an activating group) is 1. The summed E-state index contributed by atoms with van der Waals surface area (Å²) in [6, 6.07) is 9.05. The zero-order chi connectivity index (χ0) is 12.8. The molecule has 18 heavy (non-hydrogen) atoms. The Bertz CT molecular complexity index is 350. The van der Waals surface area contributed by atoms with Crippen LogP contribution >= 0.6 is 0 Å². The van der Waals surface area contributed by atoms with Gasteiger partial charge < -0.3 is 15.3 Å². The van der Waals surface area contributed by atoms with E-state index in [0.29, 0.717) is 6.04 Å². The Morgan fingerprint density at radius 3 is 2.72 bits per heavy atom. The topological polar surface area (TPSA) is 35.5 Å². The largest absolute Gasteiger partial charge is 0.396 e. The molecule has 0 aromatic heterocycles. The third-order valence-corrected chi connectivity index (χ3v) is 3.82. The van der Waals surface area contributed by atoms with E-state index in [1.807, 2.05) is 0 Å². The highest BCUT2D eigenvalue weighted by Crippen LogP contribution is 2.16. The van der Waals surface area contributed by atoms with E-state index in [1.54, 1.807) is 0 Å². The average molecular weight is 248 g/mol. The van der Waals surface area contributed by atoms with Crippen LogP contribution in [0, 0.1) is 0 Å². The number of nitrogens with one attached hydrogen (secondary N) is 1. The smallest absolute Gasteiger partial charge is 0.0471 e. The van der Waals surface area contributed by atoms with Gasteiger partial charge in [0.05, 0.1) is 0 Å². The molecule has 1 aliphatic heterocycles. The third-order valence-electron chi connectivity index (χ3n) is 3.82. The number of aliphatic hydroxyl groups excluding tert-OH is 1. The van der Waals surface area contributed by atoms with Crippen molar-refractivity contribution in [2.75, 3.05) is 32.1 Å². The molecule has 1 fully saturated rings. The fourth-order valence-corrected chi connectivity index (χ4v) is 2.56. The molecule has 1 aromatic rings. The van der Waals surface area contributed by atoms with Crippen molar-refractivity contribution in [3.05, 3.63) is 29.8 Å². The predicted octanol–water partition coefficient (Wildman–Crippen LogP) is 2.12. The fraction of sp³-hybridized carbons (Fsp3) is 0.600. The van der Waals surface area contributed by atoms with Crippen molar-refractivity contribution in [3.8, 4) is 0 Å². The number of likely N-dealkylation sites (tertiary alicyclic amines) is 1. The number of aliphatic hydroxyl groups is 1. The lowest BCUT2D eigenvalue weighted by Crippen LogP contribution is -2.40. The first kappa shape index (κ1) is 13.4. The fourth-order valence-electron chi connectivity index (χ4n) is 2.56. The number of rotatable bonds is 5. The third kappa shape index (κ3) is 3.72. The van der Waals surface area contributed by atoms with Crippen molar-refractivity contribution in [2.24, 2.45) is 0 Å². The van der Waals surface area contributed by atoms with E-state index in [4.69, 9.17) is 5.11 Å². The molecule has 3 heteroatoms. The molecular formula is C15H24N2O. The van der Waals surface area contributed by atoms with Crippen LogP contribution in [0.2, 0.25) is 0 Å². The molecule has 1 aliphatic rings. The van der Waals surface area contributed by atoms with E-state index in [2.05, 4.69) is 41.5 Å². The maximum absolute atomic E-state index is 8.87. The second-order valence-corrected chi connectivity index (χ2v) is 5.18. The van der Waals surface area contributed by atoms with Crippen LogP contribution in [0.25, 0.3) is 0 Å². The van der Waals surface area contributed by atoms with Gasteiger partial charge >= 0.3 is 0 Å². The summed E-state index contributed by atoms with van der Waals surface area (Å²) in [6.07, 6.45) is 4.73. The minimum absolute atomic E-state index is 0.222. The molecule has 0 aliphatic carbocycles. The molecule has 1 saturated heterocycles. The van der Waals surface area contributed by atoms with E-state index >= 15 is 0 Å². The maximum Gasteiger partial charge on any atom is 0.0471 e. The zero-order valence-electron chi connectivity index (χ0n) is 11.2. The van der Waals surface area contributed by atoms with Crippen LogP contribution in [-0.4, -0.2) is 42.8 Å². The summed E-state index contributed by atoms with van der Waals surface area (Å²) in [5, 5.41) is 12.4. The molecular weight excluding hydrogens is 224 g/mol. The first-order valence-corrected chi connectivity index (χ1v) is 6.93. The van der Waals surface area contributed by atoms with Crippen LogP contribution in [-0.2, 0) is 6.42 Å². The minimum atomic E-state index is 0.222. The highest BCUT2D eigenvalue weighted by Gasteiger charge is 2.17. The number of anilines is 1. The monoisotopic (exact) mass is 248 g/mol. The van der Waals surface area contributed by atoms with E-state index in [-0.39, 0.29) is 6.61 Å². The van der Waals surface area contributed by atoms with E-state index < -0.39 is 0 Å². The Labute approximate surface area is 110 Å². The molecule has 0 radical (unpaired) electrons. The number of nitrogens with zero attached hydrogens (tertiary/aromatic N) is 1. The van der Waals surface area contributed by atoms with Gasteiger partial charge in [-0.1, -0.05) is 18.6 Å². The van der Waals surface area contributed by atoms with Gasteiger partial charge in [-0.3, -0.25) is 0 Å². The lowest BCUT2D eigenvalue weighted by Gasteiger charge is -2.32. The summed E-state index contributed by atoms with van der Waals surface area (Å²) in [5.74, 6) is 0. The maximum atomic E-state index is 8.87. The van der Waals surface area contributed by atoms with Crippen LogP contribution in [0.15, 0.2) is 24.3 Å². The van der Waals surface area contributed by atoms with Crippen molar-refractivity contribution in [2.45, 2.75) is 31.7 Å². The van der Waals surface area contributed by atoms with Crippen LogP contribution in [0.3, 0.4) is 0 Å². The molecule has 2 N–H and O–H groups in total. The van der Waals surface area contributed by atoms with E-state index in [0.717, 1.165) is 13.0 Å². The predicted molar refractivity (Wildman–Crippen MR) is 76.0 cm³/mol. The number of hydrogen-bond acceptors (Lipinski definition) is 3. The van der Waals surface area contributed by atoms with Crippen LogP contribution in [0.4, 0.5) is 5.69 Å². The Kier molecular flexibility index (Phi) is 5.02. The van der Waals surface area contributed by atoms with E-state index in [1.165, 1.54) is 37.1 Å². The summed E-state index contributed by atoms with van der Waals surface area (Å²) in [7, 11) is 2.22. The van der Waals surface area contributed by atoms with Crippen molar-refractivity contribution >= 4 is 5.69 Å². The molecule has 1 aromatic carbocycles.